The van der Waals surface area contributed by atoms with E-state index in [1.54, 1.807) is 12.1 Å². The minimum atomic E-state index is -0.644. The number of hydrogen-bond acceptors (Lipinski definition) is 4. The van der Waals surface area contributed by atoms with E-state index in [9.17, 15) is 14.0 Å². The van der Waals surface area contributed by atoms with Gasteiger partial charge in [0.25, 0.3) is 0 Å². The van der Waals surface area contributed by atoms with Gasteiger partial charge in [0.1, 0.15) is 5.82 Å². The molecule has 166 valence electrons. The number of allylic oxidation sites excluding steroid dienone is 3. The second kappa shape index (κ2) is 8.73. The Bertz CT molecular complexity index is 1110. The molecule has 1 N–H and O–H groups in total. The third-order valence-corrected chi connectivity index (χ3v) is 6.11. The summed E-state index contributed by atoms with van der Waals surface area (Å²) in [7, 11) is 0. The summed E-state index contributed by atoms with van der Waals surface area (Å²) in [5.41, 5.74) is 3.87. The predicted molar refractivity (Wildman–Crippen MR) is 121 cm³/mol. The lowest BCUT2D eigenvalue weighted by Gasteiger charge is -2.39. The fourth-order valence-electron chi connectivity index (χ4n) is 4.71. The normalized spacial score (nSPS) is 20.0. The van der Waals surface area contributed by atoms with Crippen LogP contribution in [0.3, 0.4) is 0 Å². The molecule has 4 nitrogen and oxygen atoms in total. The molecule has 2 aromatic carbocycles. The van der Waals surface area contributed by atoms with Gasteiger partial charge in [-0.15, -0.1) is 0 Å². The Morgan fingerprint density at radius 2 is 1.88 bits per heavy atom. The van der Waals surface area contributed by atoms with Gasteiger partial charge in [-0.05, 0) is 42.0 Å². The van der Waals surface area contributed by atoms with Crippen molar-refractivity contribution in [2.45, 2.75) is 46.0 Å². The van der Waals surface area contributed by atoms with Crippen molar-refractivity contribution in [2.24, 2.45) is 5.41 Å². The van der Waals surface area contributed by atoms with Crippen LogP contribution in [-0.4, -0.2) is 18.4 Å². The van der Waals surface area contributed by atoms with Crippen molar-refractivity contribution >= 4 is 11.8 Å². The lowest BCUT2D eigenvalue weighted by atomic mass is 9.68. The largest absolute Gasteiger partial charge is 0.462 e. The number of ether oxygens (including phenoxy) is 1. The number of benzene rings is 2. The van der Waals surface area contributed by atoms with Gasteiger partial charge in [-0.25, -0.2) is 9.18 Å². The zero-order valence-corrected chi connectivity index (χ0v) is 18.7. The molecule has 5 heteroatoms. The van der Waals surface area contributed by atoms with Gasteiger partial charge in [0, 0.05) is 35.7 Å². The molecule has 0 unspecified atom stereocenters. The van der Waals surface area contributed by atoms with Crippen molar-refractivity contribution in [3.63, 3.8) is 0 Å². The maximum Gasteiger partial charge on any atom is 0.336 e. The van der Waals surface area contributed by atoms with E-state index >= 15 is 0 Å². The van der Waals surface area contributed by atoms with Crippen molar-refractivity contribution in [1.29, 1.82) is 0 Å². The Morgan fingerprint density at radius 1 is 1.12 bits per heavy atom. The fraction of sp³-hybridized carbons (Fsp3) is 0.333. The minimum absolute atomic E-state index is 0.0138. The molecule has 4 rings (SSSR count). The summed E-state index contributed by atoms with van der Waals surface area (Å²) in [6.45, 7) is 6.15. The zero-order valence-electron chi connectivity index (χ0n) is 18.7. The highest BCUT2D eigenvalue weighted by molar-refractivity contribution is 6.04. The van der Waals surface area contributed by atoms with E-state index in [2.05, 4.69) is 19.2 Å². The van der Waals surface area contributed by atoms with Crippen LogP contribution in [0, 0.1) is 11.2 Å². The van der Waals surface area contributed by atoms with Gasteiger partial charge in [0.05, 0.1) is 12.2 Å². The molecule has 2 aliphatic rings. The van der Waals surface area contributed by atoms with Crippen LogP contribution in [0.1, 0.15) is 50.7 Å². The average Bonchev–Trinajstić information content (AvgIpc) is 2.72. The molecule has 1 aliphatic heterocycles. The molecule has 0 saturated heterocycles. The molecular formula is C27H28FNO3. The monoisotopic (exact) mass is 433 g/mol. The molecular weight excluding hydrogens is 405 g/mol. The number of esters is 1. The molecule has 1 heterocycles. The van der Waals surface area contributed by atoms with E-state index in [0.717, 1.165) is 11.3 Å². The second-order valence-electron chi connectivity index (χ2n) is 9.36. The van der Waals surface area contributed by atoms with E-state index in [0.29, 0.717) is 41.7 Å². The number of carbonyl (C=O) groups is 2. The first kappa shape index (κ1) is 22.0. The number of halogens is 1. The first-order valence-corrected chi connectivity index (χ1v) is 11.0. The first-order chi connectivity index (χ1) is 15.2. The number of dihydropyridines is 1. The van der Waals surface area contributed by atoms with Crippen LogP contribution >= 0.6 is 0 Å². The van der Waals surface area contributed by atoms with Crippen molar-refractivity contribution in [1.82, 2.24) is 5.32 Å². The van der Waals surface area contributed by atoms with Crippen LogP contribution in [0.5, 0.6) is 0 Å². The average molecular weight is 434 g/mol. The van der Waals surface area contributed by atoms with Gasteiger partial charge in [-0.3, -0.25) is 4.79 Å². The van der Waals surface area contributed by atoms with Crippen molar-refractivity contribution in [3.8, 4) is 0 Å². The summed E-state index contributed by atoms with van der Waals surface area (Å²) in [6, 6.07) is 15.9. The number of Topliss-reactive ketones (excluding diaryl/α,β-unsaturated/α-hetero) is 1. The van der Waals surface area contributed by atoms with Crippen molar-refractivity contribution < 1.29 is 18.7 Å². The quantitative estimate of drug-likeness (QED) is 0.657. The molecule has 0 fully saturated rings. The maximum absolute atomic E-state index is 14.1. The van der Waals surface area contributed by atoms with Crippen molar-refractivity contribution in [3.05, 3.63) is 94.1 Å². The van der Waals surface area contributed by atoms with Gasteiger partial charge in [-0.2, -0.15) is 0 Å². The first-order valence-electron chi connectivity index (χ1n) is 11.0. The predicted octanol–water partition coefficient (Wildman–Crippen LogP) is 5.22. The van der Waals surface area contributed by atoms with Crippen LogP contribution in [-0.2, 0) is 20.7 Å². The third kappa shape index (κ3) is 4.52. The highest BCUT2D eigenvalue weighted by atomic mass is 19.1. The number of carbonyl (C=O) groups excluding carboxylic acids is 2. The van der Waals surface area contributed by atoms with Gasteiger partial charge in [-0.1, -0.05) is 56.3 Å². The Balaban J connectivity index is 1.67. The highest BCUT2D eigenvalue weighted by Crippen LogP contribution is 2.46. The Hall–Kier alpha value is -3.21. The topological polar surface area (TPSA) is 55.4 Å². The number of rotatable bonds is 5. The lowest BCUT2D eigenvalue weighted by molar-refractivity contribution is -0.139. The van der Waals surface area contributed by atoms with Crippen molar-refractivity contribution in [2.75, 3.05) is 6.61 Å². The zero-order chi connectivity index (χ0) is 22.9. The standard InChI is InChI=1S/C27H28FNO3/c1-17-23(26(31)32-13-12-18-8-5-4-6-9-18)24(19-10-7-11-20(28)14-19)25-21(29-17)15-27(2,3)16-22(25)30/h4-11,14,24,29H,12-13,15-16H2,1-3H3/t24-/m1/s1. The maximum atomic E-state index is 14.1. The molecule has 0 spiro atoms. The second-order valence-corrected chi connectivity index (χ2v) is 9.36. The summed E-state index contributed by atoms with van der Waals surface area (Å²) in [5, 5.41) is 3.30. The lowest BCUT2D eigenvalue weighted by Crippen LogP contribution is -2.38. The van der Waals surface area contributed by atoms with Gasteiger partial charge in [0.2, 0.25) is 0 Å². The van der Waals surface area contributed by atoms with Gasteiger partial charge >= 0.3 is 5.97 Å². The SMILES string of the molecule is CC1=C(C(=O)OCCc2ccccc2)[C@@H](c2cccc(F)c2)C2=C(CC(C)(C)CC2=O)N1. The van der Waals surface area contributed by atoms with Gasteiger partial charge < -0.3 is 10.1 Å². The van der Waals surface area contributed by atoms with E-state index < -0.39 is 17.7 Å². The van der Waals surface area contributed by atoms with Crippen LogP contribution < -0.4 is 5.32 Å². The van der Waals surface area contributed by atoms with Gasteiger partial charge in [0.15, 0.2) is 5.78 Å². The Labute approximate surface area is 188 Å². The van der Waals surface area contributed by atoms with Crippen LogP contribution in [0.25, 0.3) is 0 Å². The summed E-state index contributed by atoms with van der Waals surface area (Å²) >= 11 is 0. The van der Waals surface area contributed by atoms with E-state index in [1.807, 2.05) is 37.3 Å². The highest BCUT2D eigenvalue weighted by Gasteiger charge is 2.43. The number of hydrogen-bond donors (Lipinski definition) is 1. The molecule has 32 heavy (non-hydrogen) atoms. The Kier molecular flexibility index (Phi) is 6.00. The molecule has 1 atom stereocenters. The molecule has 0 aromatic heterocycles. The van der Waals surface area contributed by atoms with E-state index in [-0.39, 0.29) is 17.8 Å². The summed E-state index contributed by atoms with van der Waals surface area (Å²) in [4.78, 5) is 26.4. The fourth-order valence-corrected chi connectivity index (χ4v) is 4.71. The summed E-state index contributed by atoms with van der Waals surface area (Å²) in [6.07, 6.45) is 1.67. The minimum Gasteiger partial charge on any atom is -0.462 e. The van der Waals surface area contributed by atoms with E-state index in [1.165, 1.54) is 12.1 Å². The molecule has 1 aliphatic carbocycles. The smallest absolute Gasteiger partial charge is 0.336 e. The third-order valence-electron chi connectivity index (χ3n) is 6.11. The number of ketones is 1. The van der Waals surface area contributed by atoms with Crippen LogP contribution in [0.4, 0.5) is 4.39 Å². The molecule has 0 radical (unpaired) electrons. The Morgan fingerprint density at radius 3 is 2.59 bits per heavy atom. The molecule has 0 amide bonds. The molecule has 0 bridgehead atoms. The summed E-state index contributed by atoms with van der Waals surface area (Å²) in [5.74, 6) is -1.54. The van der Waals surface area contributed by atoms with E-state index in [4.69, 9.17) is 4.74 Å². The number of nitrogens with one attached hydrogen (secondary N) is 1. The molecule has 2 aromatic rings. The van der Waals surface area contributed by atoms with Crippen LogP contribution in [0.2, 0.25) is 0 Å². The molecule has 0 saturated carbocycles. The van der Waals surface area contributed by atoms with Crippen LogP contribution in [0.15, 0.2) is 77.1 Å². The summed E-state index contributed by atoms with van der Waals surface area (Å²) < 4.78 is 19.8.